The Morgan fingerprint density at radius 3 is 2.47 bits per heavy atom. The molecule has 6 N–H and O–H groups in total. The Bertz CT molecular complexity index is 1290. The molecule has 2 aliphatic rings. The Morgan fingerprint density at radius 2 is 1.78 bits per heavy atom. The minimum atomic E-state index is -4.60. The number of aliphatic carboxylic acids is 1. The second kappa shape index (κ2) is 9.94. The fraction of sp³-hybridized carbons (Fsp3) is 0.364. The molecule has 2 aromatic rings. The number of carboxylic acid groups (broad SMARTS) is 1. The molecule has 194 valence electrons. The second-order valence-electron chi connectivity index (χ2n) is 8.55. The first-order chi connectivity index (χ1) is 16.9. The lowest BCUT2D eigenvalue weighted by molar-refractivity contribution is -0.229. The minimum Gasteiger partial charge on any atom is -0.479 e. The van der Waals surface area contributed by atoms with Crippen molar-refractivity contribution in [3.8, 4) is 0 Å². The average molecular weight is 542 g/mol. The van der Waals surface area contributed by atoms with Gasteiger partial charge in [0.05, 0.1) is 16.8 Å². The van der Waals surface area contributed by atoms with Crippen LogP contribution in [0.15, 0.2) is 47.4 Å². The Morgan fingerprint density at radius 1 is 1.08 bits per heavy atom. The molecule has 0 bridgehead atoms. The van der Waals surface area contributed by atoms with Gasteiger partial charge in [-0.3, -0.25) is 15.2 Å². The molecule has 1 fully saturated rings. The highest BCUT2D eigenvalue weighted by atomic mass is 35.5. The zero-order valence-electron chi connectivity index (χ0n) is 18.8. The van der Waals surface area contributed by atoms with Crippen LogP contribution >= 0.6 is 11.6 Å². The van der Waals surface area contributed by atoms with E-state index in [9.17, 15) is 33.3 Å². The smallest absolute Gasteiger partial charge is 0.335 e. The number of ether oxygens (including phenoxy) is 1. The van der Waals surface area contributed by atoms with Gasteiger partial charge in [-0.2, -0.15) is 4.72 Å². The van der Waals surface area contributed by atoms with E-state index in [1.165, 1.54) is 12.1 Å². The molecule has 0 spiro atoms. The Hall–Kier alpha value is -2.78. The van der Waals surface area contributed by atoms with Crippen LogP contribution in [0.3, 0.4) is 0 Å². The van der Waals surface area contributed by atoms with Gasteiger partial charge in [0.2, 0.25) is 10.0 Å². The van der Waals surface area contributed by atoms with Crippen LogP contribution in [-0.4, -0.2) is 77.4 Å². The number of halogens is 1. The van der Waals surface area contributed by atoms with Gasteiger partial charge in [-0.05, 0) is 43.2 Å². The van der Waals surface area contributed by atoms with E-state index >= 15 is 0 Å². The predicted octanol–water partition coefficient (Wildman–Crippen LogP) is -0.393. The van der Waals surface area contributed by atoms with Gasteiger partial charge in [0.15, 0.2) is 12.3 Å². The van der Waals surface area contributed by atoms with Crippen molar-refractivity contribution in [1.29, 1.82) is 0 Å². The number of anilines is 1. The third-order valence-electron chi connectivity index (χ3n) is 6.04. The molecule has 1 saturated heterocycles. The molecule has 6 atom stereocenters. The molecule has 2 aromatic carbocycles. The van der Waals surface area contributed by atoms with Crippen LogP contribution in [0.5, 0.6) is 0 Å². The van der Waals surface area contributed by atoms with Crippen molar-refractivity contribution in [1.82, 2.24) is 10.1 Å². The van der Waals surface area contributed by atoms with Gasteiger partial charge in [0.25, 0.3) is 5.91 Å². The molecule has 1 amide bonds. The van der Waals surface area contributed by atoms with Gasteiger partial charge < -0.3 is 25.2 Å². The molecular weight excluding hydrogens is 518 g/mol. The van der Waals surface area contributed by atoms with Gasteiger partial charge in [0, 0.05) is 5.56 Å². The number of nitrogens with zero attached hydrogens (tertiary/aromatic N) is 1. The van der Waals surface area contributed by atoms with E-state index in [0.717, 1.165) is 17.3 Å². The third kappa shape index (κ3) is 4.91. The lowest BCUT2D eigenvalue weighted by atomic mass is 9.98. The van der Waals surface area contributed by atoms with Crippen LogP contribution in [0, 0.1) is 0 Å². The molecular formula is C22H24ClN3O9S. The number of hydrogen-bond acceptors (Lipinski definition) is 9. The van der Waals surface area contributed by atoms with Crippen LogP contribution in [0.2, 0.25) is 5.02 Å². The van der Waals surface area contributed by atoms with Crippen LogP contribution in [-0.2, 0) is 26.0 Å². The molecule has 0 aromatic heterocycles. The highest BCUT2D eigenvalue weighted by Gasteiger charge is 2.48. The van der Waals surface area contributed by atoms with Gasteiger partial charge in [-0.25, -0.2) is 13.2 Å². The number of rotatable bonds is 6. The zero-order valence-corrected chi connectivity index (χ0v) is 20.3. The fourth-order valence-corrected chi connectivity index (χ4v) is 5.81. The average Bonchev–Trinajstić information content (AvgIpc) is 3.14. The highest BCUT2D eigenvalue weighted by molar-refractivity contribution is 7.89. The topological polar surface area (TPSA) is 186 Å². The molecule has 0 aliphatic carbocycles. The van der Waals surface area contributed by atoms with Crippen molar-refractivity contribution >= 4 is 39.2 Å². The van der Waals surface area contributed by atoms with Crippen molar-refractivity contribution in [3.05, 3.63) is 58.6 Å². The molecule has 0 saturated carbocycles. The van der Waals surface area contributed by atoms with Gasteiger partial charge in [0.1, 0.15) is 23.2 Å². The summed E-state index contributed by atoms with van der Waals surface area (Å²) in [5, 5.41) is 40.4. The number of carbonyl (C=O) groups is 2. The number of aliphatic hydroxyl groups is 3. The van der Waals surface area contributed by atoms with E-state index in [2.05, 4.69) is 5.43 Å². The molecule has 0 radical (unpaired) electrons. The highest BCUT2D eigenvalue weighted by Crippen LogP contribution is 2.31. The van der Waals surface area contributed by atoms with E-state index in [1.54, 1.807) is 5.01 Å². The summed E-state index contributed by atoms with van der Waals surface area (Å²) in [5.41, 5.74) is 4.59. The maximum atomic E-state index is 13.0. The molecule has 12 nitrogen and oxygen atoms in total. The number of amides is 1. The molecule has 4 rings (SSSR count). The van der Waals surface area contributed by atoms with E-state index < -0.39 is 57.4 Å². The molecule has 2 aliphatic heterocycles. The van der Waals surface area contributed by atoms with Gasteiger partial charge in [-0.1, -0.05) is 29.8 Å². The van der Waals surface area contributed by atoms with Gasteiger partial charge in [-0.15, -0.1) is 0 Å². The number of carbonyl (C=O) groups excluding carboxylic acids is 1. The van der Waals surface area contributed by atoms with Crippen molar-refractivity contribution in [3.63, 3.8) is 0 Å². The summed E-state index contributed by atoms with van der Waals surface area (Å²) in [7, 11) is -4.60. The predicted molar refractivity (Wildman–Crippen MR) is 126 cm³/mol. The van der Waals surface area contributed by atoms with Crippen molar-refractivity contribution in [2.75, 3.05) is 5.01 Å². The van der Waals surface area contributed by atoms with Crippen molar-refractivity contribution in [2.24, 2.45) is 0 Å². The van der Waals surface area contributed by atoms with Gasteiger partial charge >= 0.3 is 5.97 Å². The fourth-order valence-electron chi connectivity index (χ4n) is 4.16. The number of hydrogen-bond donors (Lipinski definition) is 6. The summed E-state index contributed by atoms with van der Waals surface area (Å²) in [4.78, 5) is 23.7. The number of carboxylic acids is 1. The first kappa shape index (κ1) is 26.3. The summed E-state index contributed by atoms with van der Waals surface area (Å²) >= 11 is 6.08. The lowest BCUT2D eigenvalue weighted by Gasteiger charge is -2.38. The normalized spacial score (nSPS) is 28.0. The van der Waals surface area contributed by atoms with Crippen LogP contribution in [0.4, 0.5) is 5.69 Å². The maximum Gasteiger partial charge on any atom is 0.335 e. The first-order valence-electron chi connectivity index (χ1n) is 10.8. The number of hydrazine groups is 1. The number of para-hydroxylation sites is 1. The monoisotopic (exact) mass is 541 g/mol. The third-order valence-corrected chi connectivity index (χ3v) is 7.94. The molecule has 0 unspecified atom stereocenters. The number of nitrogens with one attached hydrogen (secondary N) is 2. The number of fused-ring (bicyclic) bond motifs is 1. The molecule has 2 heterocycles. The van der Waals surface area contributed by atoms with Crippen LogP contribution in [0.25, 0.3) is 0 Å². The summed E-state index contributed by atoms with van der Waals surface area (Å²) < 4.78 is 33.0. The summed E-state index contributed by atoms with van der Waals surface area (Å²) in [5.74, 6) is -2.28. The minimum absolute atomic E-state index is 0.0414. The van der Waals surface area contributed by atoms with E-state index in [-0.39, 0.29) is 16.6 Å². The van der Waals surface area contributed by atoms with Crippen LogP contribution in [0.1, 0.15) is 22.8 Å². The lowest BCUT2D eigenvalue weighted by Crippen LogP contribution is -2.64. The maximum absolute atomic E-state index is 13.0. The van der Waals surface area contributed by atoms with E-state index in [1.807, 2.05) is 35.9 Å². The first-order valence-corrected chi connectivity index (χ1v) is 12.7. The summed E-state index contributed by atoms with van der Waals surface area (Å²) in [6, 6.07) is 11.0. The number of aliphatic hydroxyl groups excluding tert-OH is 3. The SMILES string of the molecule is C[C@@H]1Cc2ccccc2N1NC(=O)c1ccc(Cl)c(S(=O)(=O)N[C@@H]2O[C@H](C(=O)O)[C@@H](O)[C@H](O)[C@H]2O)c1. The standard InChI is InChI=1S/C22H24ClN3O9S/c1-10-8-11-4-2-3-5-14(11)26(10)24-20(30)12-6-7-13(23)15(9-12)36(33,34)25-21-18(29)16(27)17(28)19(35-21)22(31)32/h2-7,9-10,16-19,21,25,27-29H,8H2,1H3,(H,24,30)(H,31,32)/t10-,16+,17+,18-,19+,21-/m1/s1. The zero-order chi connectivity index (χ0) is 26.4. The molecule has 36 heavy (non-hydrogen) atoms. The largest absolute Gasteiger partial charge is 0.479 e. The Labute approximate surface area is 211 Å². The number of sulfonamides is 1. The van der Waals surface area contributed by atoms with E-state index in [4.69, 9.17) is 21.4 Å². The Balaban J connectivity index is 1.56. The Kier molecular flexibility index (Phi) is 7.26. The van der Waals surface area contributed by atoms with Crippen molar-refractivity contribution < 1.29 is 43.2 Å². The second-order valence-corrected chi connectivity index (χ2v) is 10.6. The number of benzene rings is 2. The van der Waals surface area contributed by atoms with E-state index in [0.29, 0.717) is 6.42 Å². The summed E-state index contributed by atoms with van der Waals surface area (Å²) in [6.45, 7) is 1.92. The van der Waals surface area contributed by atoms with Crippen molar-refractivity contribution in [2.45, 2.75) is 54.9 Å². The summed E-state index contributed by atoms with van der Waals surface area (Å²) in [6.07, 6.45) is -9.22. The van der Waals surface area contributed by atoms with Crippen LogP contribution < -0.4 is 15.2 Å². The molecule has 14 heteroatoms. The quantitative estimate of drug-likeness (QED) is 0.281.